The number of aryl methyl sites for hydroxylation is 1. The van der Waals surface area contributed by atoms with Crippen LogP contribution in [0.5, 0.6) is 0 Å². The third-order valence-corrected chi connectivity index (χ3v) is 7.19. The molecule has 2 heterocycles. The normalized spacial score (nSPS) is 12.6. The van der Waals surface area contributed by atoms with Gasteiger partial charge in [0.25, 0.3) is 0 Å². The Morgan fingerprint density at radius 2 is 1.56 bits per heavy atom. The number of amides is 3. The SMILES string of the molecule is CC(=O)NCc1cccc(CC(=O)Nc2nnc(CCCCC3=CC=C(NC(=O)Cc4ccccc4)N(C)N3)s2)c1. The summed E-state index contributed by atoms with van der Waals surface area (Å²) in [7, 11) is 1.88. The van der Waals surface area contributed by atoms with Crippen LogP contribution in [0.2, 0.25) is 0 Å². The average molecular weight is 574 g/mol. The summed E-state index contributed by atoms with van der Waals surface area (Å²) in [5, 5.41) is 20.1. The maximum atomic E-state index is 12.5. The van der Waals surface area contributed by atoms with Gasteiger partial charge in [-0.2, -0.15) is 0 Å². The Morgan fingerprint density at radius 3 is 2.34 bits per heavy atom. The summed E-state index contributed by atoms with van der Waals surface area (Å²) in [6, 6.07) is 17.2. The van der Waals surface area contributed by atoms with Crippen molar-refractivity contribution in [2.75, 3.05) is 12.4 Å². The van der Waals surface area contributed by atoms with Crippen molar-refractivity contribution in [2.45, 2.75) is 52.0 Å². The fraction of sp³-hybridized carbons (Fsp3) is 0.300. The highest BCUT2D eigenvalue weighted by molar-refractivity contribution is 7.15. The van der Waals surface area contributed by atoms with Crippen LogP contribution in [0.1, 0.15) is 47.9 Å². The summed E-state index contributed by atoms with van der Waals surface area (Å²) in [5.41, 5.74) is 7.16. The standard InChI is InChI=1S/C30H35N7O3S/c1-21(38)31-20-24-12-8-11-23(17-24)19-28(40)33-30-35-34-29(41-30)14-7-6-13-25-15-16-26(37(2)36-25)32-27(39)18-22-9-4-3-5-10-22/h3-5,8-12,15-17,36H,6-7,13-14,18-20H2,1-2H3,(H,31,38)(H,32,39)(H,33,35,40). The first-order chi connectivity index (χ1) is 19.8. The molecule has 0 aliphatic carbocycles. The van der Waals surface area contributed by atoms with Crippen LogP contribution in [-0.2, 0) is 40.2 Å². The number of aromatic nitrogens is 2. The molecule has 0 unspecified atom stereocenters. The highest BCUT2D eigenvalue weighted by Crippen LogP contribution is 2.19. The van der Waals surface area contributed by atoms with E-state index >= 15 is 0 Å². The number of carbonyl (C=O) groups excluding carboxylic acids is 3. The van der Waals surface area contributed by atoms with Crippen LogP contribution in [0.15, 0.2) is 78.3 Å². The van der Waals surface area contributed by atoms with Gasteiger partial charge in [-0.15, -0.1) is 10.2 Å². The van der Waals surface area contributed by atoms with Gasteiger partial charge in [0.1, 0.15) is 10.8 Å². The van der Waals surface area contributed by atoms with Crippen LogP contribution in [0.4, 0.5) is 5.13 Å². The van der Waals surface area contributed by atoms with Crippen LogP contribution < -0.4 is 21.4 Å². The van der Waals surface area contributed by atoms with E-state index in [4.69, 9.17) is 0 Å². The summed E-state index contributed by atoms with van der Waals surface area (Å²) in [6.45, 7) is 1.91. The Balaban J connectivity index is 1.16. The van der Waals surface area contributed by atoms with E-state index in [1.165, 1.54) is 18.3 Å². The molecule has 0 radical (unpaired) electrons. The van der Waals surface area contributed by atoms with Crippen molar-refractivity contribution in [3.05, 3.63) is 100.0 Å². The van der Waals surface area contributed by atoms with Gasteiger partial charge in [-0.25, -0.2) is 0 Å². The fourth-order valence-electron chi connectivity index (χ4n) is 4.26. The monoisotopic (exact) mass is 573 g/mol. The smallest absolute Gasteiger partial charge is 0.230 e. The van der Waals surface area contributed by atoms with E-state index < -0.39 is 0 Å². The lowest BCUT2D eigenvalue weighted by molar-refractivity contribution is -0.120. The molecule has 0 atom stereocenters. The molecular formula is C30H35N7O3S. The zero-order chi connectivity index (χ0) is 29.0. The summed E-state index contributed by atoms with van der Waals surface area (Å²) < 4.78 is 0. The molecular weight excluding hydrogens is 538 g/mol. The molecule has 0 saturated carbocycles. The third kappa shape index (κ3) is 9.87. The molecule has 0 bridgehead atoms. The molecule has 214 valence electrons. The largest absolute Gasteiger partial charge is 0.352 e. The van der Waals surface area contributed by atoms with Crippen molar-refractivity contribution < 1.29 is 14.4 Å². The van der Waals surface area contributed by atoms with Crippen LogP contribution in [-0.4, -0.2) is 40.0 Å². The Morgan fingerprint density at radius 1 is 0.854 bits per heavy atom. The van der Waals surface area contributed by atoms with Crippen molar-refractivity contribution in [2.24, 2.45) is 0 Å². The first-order valence-corrected chi connectivity index (χ1v) is 14.3. The number of nitrogens with one attached hydrogen (secondary N) is 4. The number of nitrogens with zero attached hydrogens (tertiary/aromatic N) is 3. The lowest BCUT2D eigenvalue weighted by atomic mass is 10.1. The van der Waals surface area contributed by atoms with E-state index in [0.717, 1.165) is 53.1 Å². The van der Waals surface area contributed by atoms with Gasteiger partial charge < -0.3 is 21.4 Å². The second kappa shape index (κ2) is 14.8. The van der Waals surface area contributed by atoms with Crippen LogP contribution in [0.25, 0.3) is 0 Å². The molecule has 0 spiro atoms. The summed E-state index contributed by atoms with van der Waals surface area (Å²) in [5.74, 6) is 0.389. The summed E-state index contributed by atoms with van der Waals surface area (Å²) >= 11 is 1.39. The number of hydrogen-bond donors (Lipinski definition) is 4. The maximum absolute atomic E-state index is 12.5. The second-order valence-corrected chi connectivity index (χ2v) is 10.8. The van der Waals surface area contributed by atoms with Crippen molar-refractivity contribution in [1.29, 1.82) is 0 Å². The minimum absolute atomic E-state index is 0.0616. The van der Waals surface area contributed by atoms with Crippen LogP contribution in [0, 0.1) is 0 Å². The van der Waals surface area contributed by atoms with Gasteiger partial charge >= 0.3 is 0 Å². The number of benzene rings is 2. The van der Waals surface area contributed by atoms with E-state index in [1.54, 1.807) is 0 Å². The van der Waals surface area contributed by atoms with E-state index in [2.05, 4.69) is 31.6 Å². The van der Waals surface area contributed by atoms with E-state index in [0.29, 0.717) is 23.9 Å². The van der Waals surface area contributed by atoms with Crippen LogP contribution >= 0.6 is 11.3 Å². The summed E-state index contributed by atoms with van der Waals surface area (Å²) in [6.07, 6.45) is 7.96. The molecule has 4 N–H and O–H groups in total. The van der Waals surface area contributed by atoms with Crippen molar-refractivity contribution >= 4 is 34.2 Å². The first kappa shape index (κ1) is 29.5. The minimum atomic E-state index is -0.160. The molecule has 11 heteroatoms. The number of allylic oxidation sites excluding steroid dienone is 3. The number of anilines is 1. The molecule has 1 aliphatic rings. The fourth-order valence-corrected chi connectivity index (χ4v) is 5.06. The highest BCUT2D eigenvalue weighted by Gasteiger charge is 2.14. The van der Waals surface area contributed by atoms with Gasteiger partial charge in [-0.05, 0) is 48.1 Å². The van der Waals surface area contributed by atoms with Crippen molar-refractivity contribution in [3.63, 3.8) is 0 Å². The minimum Gasteiger partial charge on any atom is -0.352 e. The topological polar surface area (TPSA) is 128 Å². The molecule has 10 nitrogen and oxygen atoms in total. The predicted molar refractivity (Wildman–Crippen MR) is 159 cm³/mol. The summed E-state index contributed by atoms with van der Waals surface area (Å²) in [4.78, 5) is 36.0. The second-order valence-electron chi connectivity index (χ2n) is 9.79. The molecule has 3 aromatic rings. The zero-order valence-corrected chi connectivity index (χ0v) is 24.1. The Hall–Kier alpha value is -4.51. The van der Waals surface area contributed by atoms with Gasteiger partial charge in [0.2, 0.25) is 22.9 Å². The van der Waals surface area contributed by atoms with E-state index in [9.17, 15) is 14.4 Å². The van der Waals surface area contributed by atoms with Gasteiger partial charge in [0, 0.05) is 32.6 Å². The Bertz CT molecular complexity index is 1420. The molecule has 2 aromatic carbocycles. The molecule has 41 heavy (non-hydrogen) atoms. The van der Waals surface area contributed by atoms with Gasteiger partial charge in [0.15, 0.2) is 0 Å². The van der Waals surface area contributed by atoms with Crippen molar-refractivity contribution in [3.8, 4) is 0 Å². The maximum Gasteiger partial charge on any atom is 0.230 e. The van der Waals surface area contributed by atoms with Gasteiger partial charge in [-0.3, -0.25) is 19.4 Å². The Kier molecular flexibility index (Phi) is 10.6. The van der Waals surface area contributed by atoms with Crippen molar-refractivity contribution in [1.82, 2.24) is 31.3 Å². The lowest BCUT2D eigenvalue weighted by Gasteiger charge is -2.29. The molecule has 4 rings (SSSR count). The molecule has 1 aliphatic heterocycles. The van der Waals surface area contributed by atoms with Gasteiger partial charge in [0.05, 0.1) is 12.8 Å². The number of hydrazine groups is 1. The lowest BCUT2D eigenvalue weighted by Crippen LogP contribution is -2.42. The number of unbranched alkanes of at least 4 members (excludes halogenated alkanes) is 1. The number of carbonyl (C=O) groups is 3. The quantitative estimate of drug-likeness (QED) is 0.230. The van der Waals surface area contributed by atoms with Crippen LogP contribution in [0.3, 0.4) is 0 Å². The highest BCUT2D eigenvalue weighted by atomic mass is 32.1. The zero-order valence-electron chi connectivity index (χ0n) is 23.3. The van der Waals surface area contributed by atoms with Gasteiger partial charge in [-0.1, -0.05) is 65.9 Å². The third-order valence-electron chi connectivity index (χ3n) is 6.29. The van der Waals surface area contributed by atoms with E-state index in [-0.39, 0.29) is 24.1 Å². The molecule has 0 fully saturated rings. The molecule has 3 amide bonds. The molecule has 1 aromatic heterocycles. The predicted octanol–water partition coefficient (Wildman–Crippen LogP) is 3.60. The number of hydrogen-bond acceptors (Lipinski definition) is 8. The molecule has 0 saturated heterocycles. The van der Waals surface area contributed by atoms with E-state index in [1.807, 2.05) is 78.8 Å². The Labute approximate surface area is 243 Å². The number of rotatable bonds is 13. The first-order valence-electron chi connectivity index (χ1n) is 13.5. The average Bonchev–Trinajstić information content (AvgIpc) is 3.39.